The van der Waals surface area contributed by atoms with Crippen molar-refractivity contribution in [2.75, 3.05) is 0 Å². The van der Waals surface area contributed by atoms with Crippen LogP contribution in [0.1, 0.15) is 17.2 Å². The Morgan fingerprint density at radius 1 is 1.22 bits per heavy atom. The number of rotatable bonds is 3. The number of pyridine rings is 1. The Morgan fingerprint density at radius 3 is 2.50 bits per heavy atom. The second-order valence-electron chi connectivity index (χ2n) is 3.89. The number of benzene rings is 1. The molecule has 2 nitrogen and oxygen atoms in total. The first-order chi connectivity index (χ1) is 8.56. The number of hydrogen-bond acceptors (Lipinski definition) is 2. The number of hydrogen-bond donors (Lipinski definition) is 1. The van der Waals surface area contributed by atoms with Crippen molar-refractivity contribution >= 4 is 43.5 Å². The van der Waals surface area contributed by atoms with Crippen LogP contribution in [-0.4, -0.2) is 10.1 Å². The Labute approximate surface area is 127 Å². The number of aliphatic hydroxyl groups is 1. The van der Waals surface area contributed by atoms with Crippen LogP contribution < -0.4 is 0 Å². The smallest absolute Gasteiger partial charge is 0.0831 e. The second-order valence-corrected chi connectivity index (χ2v) is 6.13. The van der Waals surface area contributed by atoms with Crippen LogP contribution in [0.3, 0.4) is 0 Å². The molecular weight excluding hydrogens is 381 g/mol. The lowest BCUT2D eigenvalue weighted by Crippen LogP contribution is -2.02. The molecule has 0 saturated carbocycles. The molecule has 1 atom stereocenters. The Balaban J connectivity index is 2.22. The molecule has 1 aromatic carbocycles. The molecule has 0 aliphatic heterocycles. The van der Waals surface area contributed by atoms with Crippen LogP contribution in [0.25, 0.3) is 0 Å². The minimum Gasteiger partial charge on any atom is -0.388 e. The normalized spacial score (nSPS) is 12.4. The van der Waals surface area contributed by atoms with Crippen molar-refractivity contribution in [2.45, 2.75) is 12.5 Å². The summed E-state index contributed by atoms with van der Waals surface area (Å²) in [5, 5.41) is 10.8. The molecule has 0 spiro atoms. The molecule has 0 aliphatic carbocycles. The molecule has 0 bridgehead atoms. The quantitative estimate of drug-likeness (QED) is 0.834. The molecule has 1 unspecified atom stereocenters. The van der Waals surface area contributed by atoms with Gasteiger partial charge in [-0.2, -0.15) is 0 Å². The molecule has 0 fully saturated rings. The van der Waals surface area contributed by atoms with Crippen LogP contribution in [0.15, 0.2) is 45.6 Å². The van der Waals surface area contributed by atoms with Gasteiger partial charge in [-0.3, -0.25) is 4.98 Å². The topological polar surface area (TPSA) is 33.1 Å². The van der Waals surface area contributed by atoms with Crippen molar-refractivity contribution in [1.29, 1.82) is 0 Å². The summed E-state index contributed by atoms with van der Waals surface area (Å²) in [6.07, 6.45) is 3.12. The standard InChI is InChI=1S/C13H10Br2ClNO/c14-10-3-9(4-11(15)6-10)13(18)5-8-1-2-17-7-12(8)16/h1-4,6-7,13,18H,5H2. The van der Waals surface area contributed by atoms with E-state index in [1.807, 2.05) is 24.3 Å². The molecule has 0 saturated heterocycles. The van der Waals surface area contributed by atoms with E-state index in [1.54, 1.807) is 12.4 Å². The Hall–Kier alpha value is -0.420. The van der Waals surface area contributed by atoms with E-state index in [0.29, 0.717) is 11.4 Å². The van der Waals surface area contributed by atoms with Crippen molar-refractivity contribution in [3.05, 3.63) is 61.8 Å². The first kappa shape index (κ1) is 14.0. The fourth-order valence-electron chi connectivity index (χ4n) is 1.66. The Kier molecular flexibility index (Phi) is 4.78. The number of halogens is 3. The highest BCUT2D eigenvalue weighted by molar-refractivity contribution is 9.11. The van der Waals surface area contributed by atoms with Gasteiger partial charge in [-0.15, -0.1) is 0 Å². The third kappa shape index (κ3) is 3.54. The summed E-state index contributed by atoms with van der Waals surface area (Å²) in [7, 11) is 0. The lowest BCUT2D eigenvalue weighted by molar-refractivity contribution is 0.178. The summed E-state index contributed by atoms with van der Waals surface area (Å²) in [6, 6.07) is 7.53. The molecule has 1 aromatic heterocycles. The summed E-state index contributed by atoms with van der Waals surface area (Å²) < 4.78 is 1.85. The largest absolute Gasteiger partial charge is 0.388 e. The third-order valence-electron chi connectivity index (χ3n) is 2.54. The van der Waals surface area contributed by atoms with Crippen LogP contribution in [-0.2, 0) is 6.42 Å². The first-order valence-electron chi connectivity index (χ1n) is 5.28. The van der Waals surface area contributed by atoms with E-state index in [4.69, 9.17) is 11.6 Å². The molecule has 94 valence electrons. The maximum Gasteiger partial charge on any atom is 0.0831 e. The maximum atomic E-state index is 10.2. The zero-order chi connectivity index (χ0) is 13.1. The third-order valence-corrected chi connectivity index (χ3v) is 3.80. The number of aromatic nitrogens is 1. The zero-order valence-corrected chi connectivity index (χ0v) is 13.2. The summed E-state index contributed by atoms with van der Waals surface area (Å²) in [5.74, 6) is 0. The zero-order valence-electron chi connectivity index (χ0n) is 9.28. The highest BCUT2D eigenvalue weighted by Crippen LogP contribution is 2.27. The Bertz CT molecular complexity index is 542. The molecule has 18 heavy (non-hydrogen) atoms. The highest BCUT2D eigenvalue weighted by Gasteiger charge is 2.12. The van der Waals surface area contributed by atoms with E-state index in [1.165, 1.54) is 0 Å². The van der Waals surface area contributed by atoms with Gasteiger partial charge in [0.1, 0.15) is 0 Å². The Morgan fingerprint density at radius 2 is 1.89 bits per heavy atom. The summed E-state index contributed by atoms with van der Waals surface area (Å²) >= 11 is 12.8. The monoisotopic (exact) mass is 389 g/mol. The van der Waals surface area contributed by atoms with E-state index in [2.05, 4.69) is 36.8 Å². The van der Waals surface area contributed by atoms with Crippen molar-refractivity contribution in [2.24, 2.45) is 0 Å². The van der Waals surface area contributed by atoms with E-state index >= 15 is 0 Å². The summed E-state index contributed by atoms with van der Waals surface area (Å²) in [6.45, 7) is 0. The molecule has 1 N–H and O–H groups in total. The lowest BCUT2D eigenvalue weighted by atomic mass is 10.0. The number of nitrogens with zero attached hydrogens (tertiary/aromatic N) is 1. The molecular formula is C13H10Br2ClNO. The van der Waals surface area contributed by atoms with Gasteiger partial charge in [0.25, 0.3) is 0 Å². The van der Waals surface area contributed by atoms with Crippen LogP contribution in [0, 0.1) is 0 Å². The molecule has 0 radical (unpaired) electrons. The van der Waals surface area contributed by atoms with Crippen molar-refractivity contribution < 1.29 is 5.11 Å². The van der Waals surface area contributed by atoms with Crippen LogP contribution in [0.2, 0.25) is 5.02 Å². The predicted molar refractivity (Wildman–Crippen MR) is 79.8 cm³/mol. The van der Waals surface area contributed by atoms with Crippen LogP contribution in [0.5, 0.6) is 0 Å². The SMILES string of the molecule is OC(Cc1ccncc1Cl)c1cc(Br)cc(Br)c1. The van der Waals surface area contributed by atoms with Crippen LogP contribution in [0.4, 0.5) is 0 Å². The predicted octanol–water partition coefficient (Wildman–Crippen LogP) is 4.54. The van der Waals surface area contributed by atoms with E-state index in [9.17, 15) is 5.11 Å². The van der Waals surface area contributed by atoms with Gasteiger partial charge in [0, 0.05) is 27.8 Å². The molecule has 0 aliphatic rings. The lowest BCUT2D eigenvalue weighted by Gasteiger charge is -2.13. The second kappa shape index (κ2) is 6.15. The van der Waals surface area contributed by atoms with E-state index in [-0.39, 0.29) is 0 Å². The minimum atomic E-state index is -0.598. The average Bonchev–Trinajstić information content (AvgIpc) is 2.31. The highest BCUT2D eigenvalue weighted by atomic mass is 79.9. The van der Waals surface area contributed by atoms with E-state index in [0.717, 1.165) is 20.1 Å². The first-order valence-corrected chi connectivity index (χ1v) is 7.25. The van der Waals surface area contributed by atoms with Gasteiger partial charge in [0.05, 0.1) is 11.1 Å². The van der Waals surface area contributed by atoms with Crippen molar-refractivity contribution in [3.8, 4) is 0 Å². The summed E-state index contributed by atoms with van der Waals surface area (Å²) in [4.78, 5) is 3.92. The average molecular weight is 391 g/mol. The van der Waals surface area contributed by atoms with Crippen LogP contribution >= 0.6 is 43.5 Å². The van der Waals surface area contributed by atoms with Gasteiger partial charge in [-0.1, -0.05) is 43.5 Å². The minimum absolute atomic E-state index is 0.463. The van der Waals surface area contributed by atoms with Gasteiger partial charge in [-0.05, 0) is 35.4 Å². The van der Waals surface area contributed by atoms with Crippen molar-refractivity contribution in [1.82, 2.24) is 4.98 Å². The van der Waals surface area contributed by atoms with Gasteiger partial charge in [-0.25, -0.2) is 0 Å². The number of aliphatic hydroxyl groups excluding tert-OH is 1. The van der Waals surface area contributed by atoms with Gasteiger partial charge in [0.15, 0.2) is 0 Å². The van der Waals surface area contributed by atoms with E-state index < -0.39 is 6.10 Å². The molecule has 0 amide bonds. The van der Waals surface area contributed by atoms with Gasteiger partial charge < -0.3 is 5.11 Å². The maximum absolute atomic E-state index is 10.2. The van der Waals surface area contributed by atoms with Gasteiger partial charge >= 0.3 is 0 Å². The fourth-order valence-corrected chi connectivity index (χ4v) is 3.19. The van der Waals surface area contributed by atoms with Crippen molar-refractivity contribution in [3.63, 3.8) is 0 Å². The van der Waals surface area contributed by atoms with Gasteiger partial charge in [0.2, 0.25) is 0 Å². The molecule has 2 rings (SSSR count). The molecule has 2 aromatic rings. The summed E-state index contributed by atoms with van der Waals surface area (Å²) in [5.41, 5.74) is 1.72. The fraction of sp³-hybridized carbons (Fsp3) is 0.154. The molecule has 1 heterocycles. The molecule has 5 heteroatoms.